The second kappa shape index (κ2) is 9.55. The van der Waals surface area contributed by atoms with Gasteiger partial charge in [0.1, 0.15) is 11.5 Å². The molecule has 5 nitrogen and oxygen atoms in total. The molecule has 148 valence electrons. The zero-order chi connectivity index (χ0) is 20.6. The fourth-order valence-electron chi connectivity index (χ4n) is 2.98. The van der Waals surface area contributed by atoms with E-state index in [4.69, 9.17) is 0 Å². The van der Waals surface area contributed by atoms with Crippen LogP contribution in [0.15, 0.2) is 76.7 Å². The van der Waals surface area contributed by atoms with Crippen molar-refractivity contribution in [2.75, 3.05) is 18.0 Å². The molecule has 0 unspecified atom stereocenters. The molecular weight excluding hydrogens is 362 g/mol. The van der Waals surface area contributed by atoms with Gasteiger partial charge in [0.25, 0.3) is 0 Å². The molecule has 2 N–H and O–H groups in total. The molecule has 0 aliphatic rings. The molecule has 0 aliphatic heterocycles. The topological polar surface area (TPSA) is 68.4 Å². The van der Waals surface area contributed by atoms with Gasteiger partial charge in [-0.15, -0.1) is 0 Å². The van der Waals surface area contributed by atoms with E-state index in [0.29, 0.717) is 22.5 Å². The Morgan fingerprint density at radius 1 is 0.724 bits per heavy atom. The molecule has 29 heavy (non-hydrogen) atoms. The maximum atomic E-state index is 10.4. The minimum atomic E-state index is 0.176. The number of phenolic OH excluding ortho intramolecular Hbond substituents is 2. The second-order valence-electron chi connectivity index (χ2n) is 6.48. The van der Waals surface area contributed by atoms with Gasteiger partial charge in [0.15, 0.2) is 0 Å². The average molecular weight is 387 g/mol. The molecule has 0 heterocycles. The van der Waals surface area contributed by atoms with Crippen LogP contribution < -0.4 is 4.90 Å². The maximum absolute atomic E-state index is 10.4. The quantitative estimate of drug-likeness (QED) is 0.530. The van der Waals surface area contributed by atoms with Crippen LogP contribution in [-0.2, 0) is 0 Å². The monoisotopic (exact) mass is 387 g/mol. The largest absolute Gasteiger partial charge is 0.507 e. The lowest BCUT2D eigenvalue weighted by atomic mass is 10.1. The van der Waals surface area contributed by atoms with Gasteiger partial charge in [-0.3, -0.25) is 9.98 Å². The van der Waals surface area contributed by atoms with Crippen LogP contribution in [0.3, 0.4) is 0 Å². The number of para-hydroxylation sites is 3. The molecule has 0 aliphatic carbocycles. The van der Waals surface area contributed by atoms with Crippen LogP contribution in [-0.4, -0.2) is 35.7 Å². The molecule has 0 fully saturated rings. The van der Waals surface area contributed by atoms with E-state index in [2.05, 4.69) is 28.7 Å². The van der Waals surface area contributed by atoms with E-state index in [1.807, 2.05) is 42.5 Å². The standard InChI is InChI=1S/C24H25N3O2/c1-3-27(4-2)20-14-13-19(24(29)15-20)17-26-22-11-7-6-10-21(22)25-16-18-9-5-8-12-23(18)28/h5-17,28-29H,3-4H2,1-2H3. The van der Waals surface area contributed by atoms with Crippen LogP contribution in [0.25, 0.3) is 0 Å². The number of phenols is 2. The molecule has 0 saturated heterocycles. The predicted octanol–water partition coefficient (Wildman–Crippen LogP) is 5.45. The third-order valence-corrected chi connectivity index (χ3v) is 4.65. The van der Waals surface area contributed by atoms with Crippen molar-refractivity contribution in [3.05, 3.63) is 77.9 Å². The van der Waals surface area contributed by atoms with Gasteiger partial charge in [-0.1, -0.05) is 24.3 Å². The Kier molecular flexibility index (Phi) is 6.63. The number of hydrogen-bond donors (Lipinski definition) is 2. The Morgan fingerprint density at radius 3 is 1.83 bits per heavy atom. The highest BCUT2D eigenvalue weighted by atomic mass is 16.3. The van der Waals surface area contributed by atoms with Crippen molar-refractivity contribution >= 4 is 29.5 Å². The maximum Gasteiger partial charge on any atom is 0.126 e. The lowest BCUT2D eigenvalue weighted by Crippen LogP contribution is -2.21. The summed E-state index contributed by atoms with van der Waals surface area (Å²) >= 11 is 0. The lowest BCUT2D eigenvalue weighted by Gasteiger charge is -2.21. The minimum absolute atomic E-state index is 0.176. The zero-order valence-electron chi connectivity index (χ0n) is 16.7. The first-order valence-electron chi connectivity index (χ1n) is 9.65. The molecule has 0 saturated carbocycles. The molecule has 5 heteroatoms. The van der Waals surface area contributed by atoms with Crippen molar-refractivity contribution in [2.24, 2.45) is 9.98 Å². The molecule has 3 aromatic rings. The van der Waals surface area contributed by atoms with E-state index in [1.54, 1.807) is 36.7 Å². The van der Waals surface area contributed by atoms with Crippen molar-refractivity contribution in [3.8, 4) is 11.5 Å². The van der Waals surface area contributed by atoms with Crippen LogP contribution >= 0.6 is 0 Å². The van der Waals surface area contributed by atoms with E-state index >= 15 is 0 Å². The Morgan fingerprint density at radius 2 is 1.28 bits per heavy atom. The summed E-state index contributed by atoms with van der Waals surface area (Å²) in [6, 6.07) is 20.1. The smallest absolute Gasteiger partial charge is 0.126 e. The fraction of sp³-hybridized carbons (Fsp3) is 0.167. The molecule has 0 amide bonds. The number of aromatic hydroxyl groups is 2. The molecule has 3 rings (SSSR count). The van der Waals surface area contributed by atoms with Crippen molar-refractivity contribution in [1.29, 1.82) is 0 Å². The summed E-state index contributed by atoms with van der Waals surface area (Å²) in [5.41, 5.74) is 3.60. The van der Waals surface area contributed by atoms with Gasteiger partial charge in [0.05, 0.1) is 11.4 Å². The summed E-state index contributed by atoms with van der Waals surface area (Å²) in [6.45, 7) is 5.93. The summed E-state index contributed by atoms with van der Waals surface area (Å²) in [4.78, 5) is 11.1. The molecule has 0 aromatic heterocycles. The molecule has 3 aromatic carbocycles. The minimum Gasteiger partial charge on any atom is -0.507 e. The van der Waals surface area contributed by atoms with Crippen molar-refractivity contribution in [1.82, 2.24) is 0 Å². The van der Waals surface area contributed by atoms with Crippen molar-refractivity contribution in [3.63, 3.8) is 0 Å². The van der Waals surface area contributed by atoms with E-state index in [1.165, 1.54) is 0 Å². The first kappa shape index (κ1) is 20.1. The van der Waals surface area contributed by atoms with Gasteiger partial charge in [-0.25, -0.2) is 0 Å². The first-order chi connectivity index (χ1) is 14.1. The Labute approximate surface area is 171 Å². The SMILES string of the molecule is CCN(CC)c1ccc(C=Nc2ccccc2N=Cc2ccccc2O)c(O)c1. The molecule has 0 atom stereocenters. The van der Waals surface area contributed by atoms with Gasteiger partial charge in [-0.05, 0) is 50.2 Å². The normalized spacial score (nSPS) is 11.4. The number of nitrogens with zero attached hydrogens (tertiary/aromatic N) is 3. The summed E-state index contributed by atoms with van der Waals surface area (Å²) in [6.07, 6.45) is 3.25. The Balaban J connectivity index is 1.84. The summed E-state index contributed by atoms with van der Waals surface area (Å²) < 4.78 is 0. The third-order valence-electron chi connectivity index (χ3n) is 4.65. The van der Waals surface area contributed by atoms with Crippen LogP contribution in [0.4, 0.5) is 17.1 Å². The average Bonchev–Trinajstić information content (AvgIpc) is 2.74. The van der Waals surface area contributed by atoms with Crippen LogP contribution in [0, 0.1) is 0 Å². The number of hydrogen-bond acceptors (Lipinski definition) is 5. The summed E-state index contributed by atoms with van der Waals surface area (Å²) in [5.74, 6) is 0.365. The number of rotatable bonds is 7. The molecule has 0 spiro atoms. The van der Waals surface area contributed by atoms with E-state index in [-0.39, 0.29) is 11.5 Å². The Bertz CT molecular complexity index is 1020. The van der Waals surface area contributed by atoms with Crippen LogP contribution in [0.2, 0.25) is 0 Å². The van der Waals surface area contributed by atoms with Gasteiger partial charge in [0.2, 0.25) is 0 Å². The first-order valence-corrected chi connectivity index (χ1v) is 9.65. The van der Waals surface area contributed by atoms with E-state index in [9.17, 15) is 10.2 Å². The number of benzene rings is 3. The molecule has 0 bridgehead atoms. The molecular formula is C24H25N3O2. The lowest BCUT2D eigenvalue weighted by molar-refractivity contribution is 0.474. The van der Waals surface area contributed by atoms with Gasteiger partial charge in [-0.2, -0.15) is 0 Å². The number of aliphatic imine (C=N–C) groups is 2. The van der Waals surface area contributed by atoms with Crippen LogP contribution in [0.1, 0.15) is 25.0 Å². The highest BCUT2D eigenvalue weighted by Crippen LogP contribution is 2.29. The van der Waals surface area contributed by atoms with Crippen molar-refractivity contribution in [2.45, 2.75) is 13.8 Å². The van der Waals surface area contributed by atoms with Crippen molar-refractivity contribution < 1.29 is 10.2 Å². The third kappa shape index (κ3) is 5.02. The molecule has 0 radical (unpaired) electrons. The fourth-order valence-corrected chi connectivity index (χ4v) is 2.98. The van der Waals surface area contributed by atoms with Gasteiger partial charge < -0.3 is 15.1 Å². The van der Waals surface area contributed by atoms with Gasteiger partial charge >= 0.3 is 0 Å². The predicted molar refractivity (Wildman–Crippen MR) is 121 cm³/mol. The van der Waals surface area contributed by atoms with E-state index in [0.717, 1.165) is 18.8 Å². The Hall–Kier alpha value is -3.60. The van der Waals surface area contributed by atoms with Crippen LogP contribution in [0.5, 0.6) is 11.5 Å². The summed E-state index contributed by atoms with van der Waals surface area (Å²) in [5, 5.41) is 20.3. The van der Waals surface area contributed by atoms with Gasteiger partial charge in [0, 0.05) is 48.4 Å². The van der Waals surface area contributed by atoms with E-state index < -0.39 is 0 Å². The highest BCUT2D eigenvalue weighted by Gasteiger charge is 2.06. The second-order valence-corrected chi connectivity index (χ2v) is 6.48. The number of anilines is 1. The zero-order valence-corrected chi connectivity index (χ0v) is 16.7. The highest BCUT2D eigenvalue weighted by molar-refractivity contribution is 5.89. The summed E-state index contributed by atoms with van der Waals surface area (Å²) in [7, 11) is 0.